The zero-order valence-electron chi connectivity index (χ0n) is 20.2. The number of halogens is 3. The zero-order chi connectivity index (χ0) is 26.6. The quantitative estimate of drug-likeness (QED) is 0.268. The molecule has 4 aromatic rings. The van der Waals surface area contributed by atoms with Gasteiger partial charge in [0.25, 0.3) is 5.91 Å². The van der Waals surface area contributed by atoms with Crippen LogP contribution in [0.3, 0.4) is 0 Å². The van der Waals surface area contributed by atoms with Gasteiger partial charge in [-0.15, -0.1) is 0 Å². The number of hydrogen-bond donors (Lipinski definition) is 1. The van der Waals surface area contributed by atoms with Crippen LogP contribution < -0.4 is 4.90 Å². The van der Waals surface area contributed by atoms with Gasteiger partial charge in [0, 0.05) is 16.1 Å². The molecule has 5 rings (SSSR count). The van der Waals surface area contributed by atoms with Gasteiger partial charge in [0.2, 0.25) is 5.78 Å². The summed E-state index contributed by atoms with van der Waals surface area (Å²) >= 11 is 12.1. The van der Waals surface area contributed by atoms with E-state index in [0.29, 0.717) is 21.6 Å². The summed E-state index contributed by atoms with van der Waals surface area (Å²) in [6, 6.07) is 16.7. The Morgan fingerprint density at radius 3 is 2.35 bits per heavy atom. The summed E-state index contributed by atoms with van der Waals surface area (Å²) < 4.78 is 19.7. The Hall–Kier alpha value is -3.61. The van der Waals surface area contributed by atoms with Crippen LogP contribution >= 0.6 is 23.2 Å². The molecule has 0 saturated heterocycles. The van der Waals surface area contributed by atoms with Crippen molar-refractivity contribution in [2.45, 2.75) is 32.2 Å². The Kier molecular flexibility index (Phi) is 6.13. The van der Waals surface area contributed by atoms with Gasteiger partial charge in [0.15, 0.2) is 11.5 Å². The highest BCUT2D eigenvalue weighted by molar-refractivity contribution is 6.31. The van der Waals surface area contributed by atoms with Crippen LogP contribution in [-0.4, -0.2) is 16.8 Å². The average molecular weight is 538 g/mol. The molecule has 8 heteroatoms. The average Bonchev–Trinajstić information content (AvgIpc) is 3.38. The first kappa shape index (κ1) is 25.1. The van der Waals surface area contributed by atoms with Gasteiger partial charge >= 0.3 is 0 Å². The molecule has 3 aromatic carbocycles. The summed E-state index contributed by atoms with van der Waals surface area (Å²) in [7, 11) is 0. The first-order valence-corrected chi connectivity index (χ1v) is 12.3. The maximum Gasteiger partial charge on any atom is 0.294 e. The van der Waals surface area contributed by atoms with Gasteiger partial charge in [0.05, 0.1) is 16.6 Å². The number of hydrogen-bond acceptors (Lipinski definition) is 4. The van der Waals surface area contributed by atoms with Crippen molar-refractivity contribution in [2.24, 2.45) is 0 Å². The lowest BCUT2D eigenvalue weighted by Gasteiger charge is -2.28. The van der Waals surface area contributed by atoms with Crippen LogP contribution in [-0.2, 0) is 10.2 Å². The van der Waals surface area contributed by atoms with E-state index >= 15 is 0 Å². The van der Waals surface area contributed by atoms with Gasteiger partial charge in [0.1, 0.15) is 11.4 Å². The predicted molar refractivity (Wildman–Crippen MR) is 142 cm³/mol. The topological polar surface area (TPSA) is 70.7 Å². The largest absolute Gasteiger partial charge is 0.503 e. The molecule has 0 bridgehead atoms. The fourth-order valence-corrected chi connectivity index (χ4v) is 4.83. The Labute approximate surface area is 222 Å². The molecule has 1 aliphatic rings. The van der Waals surface area contributed by atoms with Crippen molar-refractivity contribution in [3.8, 4) is 0 Å². The standard InChI is InChI=1S/C29H22Cl2FNO4/c1-29(2,3)17-6-4-15(5-7-17)25-24(26(34)23-13-16-12-18(30)8-11-22(16)37-23)27(35)28(36)33(25)19-9-10-21(32)20(31)14-19/h4-14,25,35H,1-3H3. The molecular weight excluding hydrogens is 516 g/mol. The number of carbonyl (C=O) groups is 2. The number of benzene rings is 3. The van der Waals surface area contributed by atoms with Crippen LogP contribution in [0.5, 0.6) is 0 Å². The van der Waals surface area contributed by atoms with Gasteiger partial charge < -0.3 is 9.52 Å². The van der Waals surface area contributed by atoms with E-state index in [1.807, 2.05) is 12.1 Å². The SMILES string of the molecule is CC(C)(C)c1ccc(C2C(C(=O)c3cc4cc(Cl)ccc4o3)=C(O)C(=O)N2c2ccc(F)c(Cl)c2)cc1. The number of amides is 1. The lowest BCUT2D eigenvalue weighted by atomic mass is 9.85. The summed E-state index contributed by atoms with van der Waals surface area (Å²) in [6.45, 7) is 6.22. The van der Waals surface area contributed by atoms with Crippen LogP contribution in [0, 0.1) is 5.82 Å². The van der Waals surface area contributed by atoms with Crippen molar-refractivity contribution in [3.05, 3.63) is 111 Å². The number of furan rings is 1. The van der Waals surface area contributed by atoms with Gasteiger partial charge in [-0.25, -0.2) is 4.39 Å². The number of anilines is 1. The molecule has 0 fully saturated rings. The Bertz CT molecular complexity index is 1600. The van der Waals surface area contributed by atoms with E-state index in [2.05, 4.69) is 20.8 Å². The lowest BCUT2D eigenvalue weighted by molar-refractivity contribution is -0.117. The van der Waals surface area contributed by atoms with Crippen LogP contribution in [0.2, 0.25) is 10.0 Å². The van der Waals surface area contributed by atoms with Crippen molar-refractivity contribution in [2.75, 3.05) is 4.90 Å². The van der Waals surface area contributed by atoms with E-state index in [4.69, 9.17) is 27.6 Å². The fourth-order valence-electron chi connectivity index (χ4n) is 4.48. The Morgan fingerprint density at radius 1 is 1.00 bits per heavy atom. The molecule has 1 aliphatic heterocycles. The summed E-state index contributed by atoms with van der Waals surface area (Å²) in [5.41, 5.74) is 2.01. The molecule has 1 aromatic heterocycles. The zero-order valence-corrected chi connectivity index (χ0v) is 21.7. The van der Waals surface area contributed by atoms with Crippen LogP contribution in [0.15, 0.2) is 82.5 Å². The molecule has 0 saturated carbocycles. The summed E-state index contributed by atoms with van der Waals surface area (Å²) in [5, 5.41) is 11.9. The van der Waals surface area contributed by atoms with E-state index in [-0.39, 0.29) is 27.5 Å². The molecule has 0 radical (unpaired) electrons. The van der Waals surface area contributed by atoms with Crippen molar-refractivity contribution >= 4 is 51.5 Å². The molecule has 5 nitrogen and oxygen atoms in total. The maximum atomic E-state index is 13.9. The van der Waals surface area contributed by atoms with E-state index < -0.39 is 29.3 Å². The number of ketones is 1. The minimum absolute atomic E-state index is 0.0538. The van der Waals surface area contributed by atoms with Crippen molar-refractivity contribution in [3.63, 3.8) is 0 Å². The molecule has 2 heterocycles. The smallest absolute Gasteiger partial charge is 0.294 e. The number of aliphatic hydroxyl groups is 1. The Balaban J connectivity index is 1.66. The molecule has 0 aliphatic carbocycles. The minimum Gasteiger partial charge on any atom is -0.503 e. The second kappa shape index (κ2) is 9.05. The second-order valence-electron chi connectivity index (χ2n) is 9.93. The van der Waals surface area contributed by atoms with Crippen molar-refractivity contribution in [1.29, 1.82) is 0 Å². The van der Waals surface area contributed by atoms with Gasteiger partial charge in [-0.05, 0) is 59.0 Å². The number of nitrogens with zero attached hydrogens (tertiary/aromatic N) is 1. The van der Waals surface area contributed by atoms with E-state index in [1.54, 1.807) is 30.3 Å². The highest BCUT2D eigenvalue weighted by Gasteiger charge is 2.45. The van der Waals surface area contributed by atoms with Gasteiger partial charge in [-0.2, -0.15) is 0 Å². The normalized spacial score (nSPS) is 16.2. The van der Waals surface area contributed by atoms with E-state index in [1.165, 1.54) is 23.1 Å². The molecule has 188 valence electrons. The molecule has 1 amide bonds. The van der Waals surface area contributed by atoms with Gasteiger partial charge in [-0.3, -0.25) is 14.5 Å². The minimum atomic E-state index is -1.01. The third kappa shape index (κ3) is 4.41. The van der Waals surface area contributed by atoms with Gasteiger partial charge in [-0.1, -0.05) is 68.2 Å². The highest BCUT2D eigenvalue weighted by Crippen LogP contribution is 2.43. The monoisotopic (exact) mass is 537 g/mol. The Morgan fingerprint density at radius 2 is 1.70 bits per heavy atom. The van der Waals surface area contributed by atoms with Crippen molar-refractivity contribution < 1.29 is 23.5 Å². The molecular formula is C29H22Cl2FNO4. The third-order valence-electron chi connectivity index (χ3n) is 6.43. The number of aliphatic hydroxyl groups excluding tert-OH is 1. The maximum absolute atomic E-state index is 13.9. The number of Topliss-reactive ketones (excluding diaryl/α,β-unsaturated/α-hetero) is 1. The number of carbonyl (C=O) groups excluding carboxylic acids is 2. The summed E-state index contributed by atoms with van der Waals surface area (Å²) in [5.74, 6) is -2.89. The second-order valence-corrected chi connectivity index (χ2v) is 10.8. The van der Waals surface area contributed by atoms with E-state index in [9.17, 15) is 19.1 Å². The molecule has 1 N–H and O–H groups in total. The number of rotatable bonds is 4. The first-order chi connectivity index (χ1) is 17.5. The summed E-state index contributed by atoms with van der Waals surface area (Å²) in [4.78, 5) is 28.3. The predicted octanol–water partition coefficient (Wildman–Crippen LogP) is 7.96. The molecule has 37 heavy (non-hydrogen) atoms. The molecule has 0 spiro atoms. The molecule has 1 atom stereocenters. The highest BCUT2D eigenvalue weighted by atomic mass is 35.5. The van der Waals surface area contributed by atoms with E-state index in [0.717, 1.165) is 11.6 Å². The molecule has 1 unspecified atom stereocenters. The van der Waals surface area contributed by atoms with Crippen LogP contribution in [0.25, 0.3) is 11.0 Å². The lowest BCUT2D eigenvalue weighted by Crippen LogP contribution is -2.31. The summed E-state index contributed by atoms with van der Waals surface area (Å²) in [6.07, 6.45) is 0. The third-order valence-corrected chi connectivity index (χ3v) is 6.95. The number of fused-ring (bicyclic) bond motifs is 1. The van der Waals surface area contributed by atoms with Crippen LogP contribution in [0.1, 0.15) is 48.5 Å². The van der Waals surface area contributed by atoms with Crippen molar-refractivity contribution in [1.82, 2.24) is 0 Å². The first-order valence-electron chi connectivity index (χ1n) is 11.5. The fraction of sp³-hybridized carbons (Fsp3) is 0.172. The van der Waals surface area contributed by atoms with Crippen LogP contribution in [0.4, 0.5) is 10.1 Å².